The highest BCUT2D eigenvalue weighted by Crippen LogP contribution is 2.28. The minimum atomic E-state index is 0.0118. The molecule has 20 heavy (non-hydrogen) atoms. The Balaban J connectivity index is 2.39. The van der Waals surface area contributed by atoms with E-state index in [0.717, 1.165) is 25.0 Å². The third kappa shape index (κ3) is 3.02. The summed E-state index contributed by atoms with van der Waals surface area (Å²) in [6.07, 6.45) is 4.38. The number of thiocarbonyl (C=S) groups is 1. The van der Waals surface area contributed by atoms with E-state index in [1.165, 1.54) is 17.4 Å². The van der Waals surface area contributed by atoms with Crippen LogP contribution < -0.4 is 5.73 Å². The van der Waals surface area contributed by atoms with E-state index in [4.69, 9.17) is 18.0 Å². The fraction of sp³-hybridized carbons (Fsp3) is 0.438. The molecule has 0 radical (unpaired) electrons. The number of aromatic amines is 1. The summed E-state index contributed by atoms with van der Waals surface area (Å²) in [4.78, 5) is 6.23. The average molecular weight is 289 g/mol. The van der Waals surface area contributed by atoms with Gasteiger partial charge in [-0.1, -0.05) is 50.7 Å². The summed E-state index contributed by atoms with van der Waals surface area (Å²) in [7, 11) is 0. The number of para-hydroxylation sites is 1. The molecule has 1 unspecified atom stereocenters. The molecule has 0 saturated carbocycles. The Morgan fingerprint density at radius 2 is 2.10 bits per heavy atom. The van der Waals surface area contributed by atoms with Gasteiger partial charge in [-0.05, 0) is 25.6 Å². The zero-order chi connectivity index (χ0) is 14.5. The number of likely N-dealkylation sites (N-methyl/N-ethyl adjacent to an activating group) is 1. The van der Waals surface area contributed by atoms with E-state index >= 15 is 0 Å². The van der Waals surface area contributed by atoms with E-state index in [1.807, 2.05) is 12.3 Å². The standard InChI is InChI=1S/C16H23N3S/c1-3-5-10-19(4-2)15(16(17)20)13-11-18-14-9-7-6-8-12(13)14/h6-9,11,15,18H,3-5,10H2,1-2H3,(H2,17,20). The summed E-state index contributed by atoms with van der Waals surface area (Å²) in [5.74, 6) is 0. The van der Waals surface area contributed by atoms with Crippen molar-refractivity contribution in [3.05, 3.63) is 36.0 Å². The molecule has 3 N–H and O–H groups in total. The van der Waals surface area contributed by atoms with Gasteiger partial charge in [-0.15, -0.1) is 0 Å². The molecule has 4 heteroatoms. The Kier molecular flexibility index (Phi) is 5.15. The van der Waals surface area contributed by atoms with Crippen molar-refractivity contribution in [2.45, 2.75) is 32.7 Å². The molecule has 1 atom stereocenters. The number of nitrogens with zero attached hydrogens (tertiary/aromatic N) is 1. The second-order valence-corrected chi connectivity index (χ2v) is 5.55. The molecule has 108 valence electrons. The summed E-state index contributed by atoms with van der Waals surface area (Å²) >= 11 is 5.34. The van der Waals surface area contributed by atoms with Gasteiger partial charge in [0.1, 0.15) is 0 Å². The molecule has 1 aromatic heterocycles. The molecule has 0 aliphatic heterocycles. The summed E-state index contributed by atoms with van der Waals surface area (Å²) in [6, 6.07) is 8.31. The summed E-state index contributed by atoms with van der Waals surface area (Å²) in [5, 5.41) is 1.21. The monoisotopic (exact) mass is 289 g/mol. The predicted octanol–water partition coefficient (Wildman–Crippen LogP) is 3.62. The van der Waals surface area contributed by atoms with Crippen molar-refractivity contribution in [2.24, 2.45) is 5.73 Å². The predicted molar refractivity (Wildman–Crippen MR) is 90.0 cm³/mol. The molecular weight excluding hydrogens is 266 g/mol. The Morgan fingerprint density at radius 3 is 2.75 bits per heavy atom. The highest BCUT2D eigenvalue weighted by atomic mass is 32.1. The number of benzene rings is 1. The van der Waals surface area contributed by atoms with Gasteiger partial charge in [0, 0.05) is 22.7 Å². The Bertz CT molecular complexity index is 576. The molecule has 3 nitrogen and oxygen atoms in total. The van der Waals surface area contributed by atoms with Crippen molar-refractivity contribution < 1.29 is 0 Å². The SMILES string of the molecule is CCCCN(CC)C(C(N)=S)c1c[nH]c2ccccc12. The van der Waals surface area contributed by atoms with Crippen LogP contribution in [0.25, 0.3) is 10.9 Å². The lowest BCUT2D eigenvalue weighted by Gasteiger charge is -2.29. The Labute approximate surface area is 126 Å². The number of rotatable bonds is 7. The van der Waals surface area contributed by atoms with Gasteiger partial charge in [0.15, 0.2) is 0 Å². The number of hydrogen-bond donors (Lipinski definition) is 2. The van der Waals surface area contributed by atoms with Gasteiger partial charge < -0.3 is 10.7 Å². The van der Waals surface area contributed by atoms with Gasteiger partial charge in [0.05, 0.1) is 11.0 Å². The second-order valence-electron chi connectivity index (χ2n) is 5.08. The van der Waals surface area contributed by atoms with Crippen molar-refractivity contribution in [3.8, 4) is 0 Å². The van der Waals surface area contributed by atoms with Crippen LogP contribution in [0.15, 0.2) is 30.5 Å². The van der Waals surface area contributed by atoms with Crippen molar-refractivity contribution in [2.75, 3.05) is 13.1 Å². The van der Waals surface area contributed by atoms with Crippen molar-refractivity contribution in [1.82, 2.24) is 9.88 Å². The number of unbranched alkanes of at least 4 members (excludes halogenated alkanes) is 1. The van der Waals surface area contributed by atoms with Crippen LogP contribution in [0.3, 0.4) is 0 Å². The maximum atomic E-state index is 6.04. The third-order valence-corrected chi connectivity index (χ3v) is 3.98. The van der Waals surface area contributed by atoms with E-state index in [9.17, 15) is 0 Å². The molecule has 0 bridgehead atoms. The molecule has 0 amide bonds. The van der Waals surface area contributed by atoms with Crippen LogP contribution >= 0.6 is 12.2 Å². The number of aromatic nitrogens is 1. The lowest BCUT2D eigenvalue weighted by Crippen LogP contribution is -2.37. The maximum absolute atomic E-state index is 6.04. The van der Waals surface area contributed by atoms with Crippen LogP contribution in [0.1, 0.15) is 38.3 Å². The fourth-order valence-corrected chi connectivity index (χ4v) is 2.96. The number of fused-ring (bicyclic) bond motifs is 1. The Morgan fingerprint density at radius 1 is 1.35 bits per heavy atom. The molecule has 0 saturated heterocycles. The second kappa shape index (κ2) is 6.86. The van der Waals surface area contributed by atoms with Crippen LogP contribution in [0.4, 0.5) is 0 Å². The smallest absolute Gasteiger partial charge is 0.0949 e. The minimum Gasteiger partial charge on any atom is -0.392 e. The van der Waals surface area contributed by atoms with E-state index < -0.39 is 0 Å². The van der Waals surface area contributed by atoms with Gasteiger partial charge >= 0.3 is 0 Å². The molecule has 0 spiro atoms. The maximum Gasteiger partial charge on any atom is 0.0949 e. The Hall–Kier alpha value is -1.39. The zero-order valence-corrected chi connectivity index (χ0v) is 13.0. The molecule has 2 rings (SSSR count). The molecule has 0 aliphatic carbocycles. The number of hydrogen-bond acceptors (Lipinski definition) is 2. The summed E-state index contributed by atoms with van der Waals surface area (Å²) in [5.41, 5.74) is 8.36. The first-order valence-electron chi connectivity index (χ1n) is 7.28. The van der Waals surface area contributed by atoms with Crippen LogP contribution in [-0.4, -0.2) is 28.0 Å². The van der Waals surface area contributed by atoms with Gasteiger partial charge in [-0.25, -0.2) is 0 Å². The molecule has 1 aromatic carbocycles. The highest BCUT2D eigenvalue weighted by molar-refractivity contribution is 7.80. The fourth-order valence-electron chi connectivity index (χ4n) is 2.68. The normalized spacial score (nSPS) is 12.9. The molecule has 0 fully saturated rings. The van der Waals surface area contributed by atoms with Crippen molar-refractivity contribution >= 4 is 28.1 Å². The van der Waals surface area contributed by atoms with Crippen LogP contribution in [0, 0.1) is 0 Å². The molecular formula is C16H23N3S. The first-order chi connectivity index (χ1) is 9.69. The zero-order valence-electron chi connectivity index (χ0n) is 12.2. The largest absolute Gasteiger partial charge is 0.392 e. The summed E-state index contributed by atoms with van der Waals surface area (Å²) < 4.78 is 0. The van der Waals surface area contributed by atoms with Gasteiger partial charge in [0.25, 0.3) is 0 Å². The van der Waals surface area contributed by atoms with E-state index in [-0.39, 0.29) is 6.04 Å². The lowest BCUT2D eigenvalue weighted by atomic mass is 10.0. The van der Waals surface area contributed by atoms with E-state index in [2.05, 4.69) is 41.9 Å². The minimum absolute atomic E-state index is 0.0118. The topological polar surface area (TPSA) is 45.0 Å². The van der Waals surface area contributed by atoms with E-state index in [1.54, 1.807) is 0 Å². The van der Waals surface area contributed by atoms with Crippen LogP contribution in [-0.2, 0) is 0 Å². The van der Waals surface area contributed by atoms with E-state index in [0.29, 0.717) is 4.99 Å². The van der Waals surface area contributed by atoms with Gasteiger partial charge in [-0.3, -0.25) is 4.90 Å². The van der Waals surface area contributed by atoms with Crippen molar-refractivity contribution in [3.63, 3.8) is 0 Å². The number of nitrogens with one attached hydrogen (secondary N) is 1. The first kappa shape index (κ1) is 15.0. The van der Waals surface area contributed by atoms with Gasteiger partial charge in [-0.2, -0.15) is 0 Å². The van der Waals surface area contributed by atoms with Crippen LogP contribution in [0.2, 0.25) is 0 Å². The van der Waals surface area contributed by atoms with Crippen molar-refractivity contribution in [1.29, 1.82) is 0 Å². The first-order valence-corrected chi connectivity index (χ1v) is 7.69. The lowest BCUT2D eigenvalue weighted by molar-refractivity contribution is 0.254. The van der Waals surface area contributed by atoms with Gasteiger partial charge in [0.2, 0.25) is 0 Å². The molecule has 1 heterocycles. The number of H-pyrrole nitrogens is 1. The highest BCUT2D eigenvalue weighted by Gasteiger charge is 2.24. The third-order valence-electron chi connectivity index (χ3n) is 3.76. The number of nitrogens with two attached hydrogens (primary N) is 1. The van der Waals surface area contributed by atoms with Crippen LogP contribution in [0.5, 0.6) is 0 Å². The summed E-state index contributed by atoms with van der Waals surface area (Å²) in [6.45, 7) is 6.33. The molecule has 2 aromatic rings. The quantitative estimate of drug-likeness (QED) is 0.765. The average Bonchev–Trinajstić information content (AvgIpc) is 2.86. The molecule has 0 aliphatic rings.